The van der Waals surface area contributed by atoms with Crippen molar-refractivity contribution in [3.8, 4) is 5.75 Å². The van der Waals surface area contributed by atoms with Crippen molar-refractivity contribution < 1.29 is 18.3 Å². The van der Waals surface area contributed by atoms with Gasteiger partial charge in [-0.15, -0.1) is 0 Å². The third-order valence-electron chi connectivity index (χ3n) is 4.81. The Balaban J connectivity index is 1.40. The predicted octanol–water partition coefficient (Wildman–Crippen LogP) is 5.37. The first kappa shape index (κ1) is 20.2. The van der Waals surface area contributed by atoms with Gasteiger partial charge in [0.1, 0.15) is 11.4 Å². The largest absolute Gasteiger partial charge is 0.435 e. The van der Waals surface area contributed by atoms with Gasteiger partial charge in [-0.3, -0.25) is 9.20 Å². The summed E-state index contributed by atoms with van der Waals surface area (Å²) in [7, 11) is 0. The number of hydrogen-bond acceptors (Lipinski definition) is 5. The number of para-hydroxylation sites is 3. The molecule has 9 heteroatoms. The Morgan fingerprint density at radius 1 is 0.969 bits per heavy atom. The number of hydrogen-bond donors (Lipinski definition) is 1. The first-order valence-electron chi connectivity index (χ1n) is 9.72. The van der Waals surface area contributed by atoms with Gasteiger partial charge in [0.2, 0.25) is 5.91 Å². The van der Waals surface area contributed by atoms with Crippen LogP contribution < -0.4 is 10.1 Å². The van der Waals surface area contributed by atoms with E-state index < -0.39 is 6.61 Å². The molecule has 0 aliphatic rings. The summed E-state index contributed by atoms with van der Waals surface area (Å²) >= 11 is 1.30. The summed E-state index contributed by atoms with van der Waals surface area (Å²) in [5.74, 6) is -0.102. The highest BCUT2D eigenvalue weighted by Gasteiger charge is 2.15. The Bertz CT molecular complexity index is 1440. The maximum atomic E-state index is 12.5. The number of nitrogens with zero attached hydrogens (tertiary/aromatic N) is 3. The lowest BCUT2D eigenvalue weighted by atomic mass is 10.2. The fourth-order valence-corrected chi connectivity index (χ4v) is 4.27. The van der Waals surface area contributed by atoms with Gasteiger partial charge < -0.3 is 10.1 Å². The minimum Gasteiger partial charge on any atom is -0.435 e. The van der Waals surface area contributed by atoms with E-state index >= 15 is 0 Å². The summed E-state index contributed by atoms with van der Waals surface area (Å²) in [6.07, 6.45) is 0. The van der Waals surface area contributed by atoms with Crippen LogP contribution in [0.3, 0.4) is 0 Å². The number of benzene rings is 3. The van der Waals surface area contributed by atoms with Crippen LogP contribution in [0.4, 0.5) is 14.5 Å². The molecule has 0 saturated carbocycles. The van der Waals surface area contributed by atoms with E-state index in [0.29, 0.717) is 10.8 Å². The average molecular weight is 450 g/mol. The van der Waals surface area contributed by atoms with Crippen molar-refractivity contribution in [3.63, 3.8) is 0 Å². The number of fused-ring (bicyclic) bond motifs is 5. The lowest BCUT2D eigenvalue weighted by Gasteiger charge is -2.09. The summed E-state index contributed by atoms with van der Waals surface area (Å²) < 4.78 is 30.8. The van der Waals surface area contributed by atoms with Crippen LogP contribution in [-0.4, -0.2) is 32.6 Å². The molecule has 2 aromatic heterocycles. The lowest BCUT2D eigenvalue weighted by molar-refractivity contribution is -0.113. The van der Waals surface area contributed by atoms with Gasteiger partial charge >= 0.3 is 6.61 Å². The van der Waals surface area contributed by atoms with Crippen LogP contribution in [0.15, 0.2) is 78.0 Å². The molecule has 6 nitrogen and oxygen atoms in total. The molecule has 5 rings (SSSR count). The number of carbonyl (C=O) groups is 1. The van der Waals surface area contributed by atoms with Crippen LogP contribution in [0.2, 0.25) is 0 Å². The highest BCUT2D eigenvalue weighted by atomic mass is 32.2. The van der Waals surface area contributed by atoms with Crippen LogP contribution in [0, 0.1) is 0 Å². The molecule has 0 bridgehead atoms. The molecular weight excluding hydrogens is 434 g/mol. The minimum atomic E-state index is -2.89. The number of nitrogens with one attached hydrogen (secondary N) is 1. The van der Waals surface area contributed by atoms with Crippen molar-refractivity contribution in [2.75, 3.05) is 11.1 Å². The number of alkyl halides is 2. The van der Waals surface area contributed by atoms with Crippen molar-refractivity contribution in [2.45, 2.75) is 11.8 Å². The molecule has 0 atom stereocenters. The monoisotopic (exact) mass is 450 g/mol. The van der Waals surface area contributed by atoms with Crippen LogP contribution >= 0.6 is 11.8 Å². The zero-order chi connectivity index (χ0) is 22.1. The Morgan fingerprint density at radius 2 is 1.69 bits per heavy atom. The van der Waals surface area contributed by atoms with Gasteiger partial charge in [0.05, 0.1) is 22.3 Å². The number of carbonyl (C=O) groups excluding carboxylic acids is 1. The predicted molar refractivity (Wildman–Crippen MR) is 120 cm³/mol. The molecule has 5 aromatic rings. The highest BCUT2D eigenvalue weighted by molar-refractivity contribution is 7.99. The fraction of sp³-hybridized carbons (Fsp3) is 0.0870. The third-order valence-corrected chi connectivity index (χ3v) is 5.75. The molecule has 160 valence electrons. The van der Waals surface area contributed by atoms with Gasteiger partial charge in [0.25, 0.3) is 0 Å². The first-order chi connectivity index (χ1) is 15.6. The average Bonchev–Trinajstić information content (AvgIpc) is 3.19. The molecule has 0 spiro atoms. The van der Waals surface area contributed by atoms with Gasteiger partial charge in [-0.1, -0.05) is 36.0 Å². The molecule has 0 saturated heterocycles. The molecule has 0 aliphatic carbocycles. The van der Waals surface area contributed by atoms with E-state index in [2.05, 4.69) is 10.1 Å². The van der Waals surface area contributed by atoms with Gasteiger partial charge in [0.15, 0.2) is 5.16 Å². The Labute approximate surface area is 185 Å². The zero-order valence-electron chi connectivity index (χ0n) is 16.5. The number of anilines is 1. The number of halogens is 2. The first-order valence-corrected chi connectivity index (χ1v) is 10.7. The van der Waals surface area contributed by atoms with Gasteiger partial charge in [-0.05, 0) is 48.5 Å². The van der Waals surface area contributed by atoms with E-state index in [1.807, 2.05) is 52.9 Å². The van der Waals surface area contributed by atoms with Gasteiger partial charge in [-0.2, -0.15) is 8.78 Å². The molecule has 0 aliphatic heterocycles. The summed E-state index contributed by atoms with van der Waals surface area (Å²) in [5.41, 5.74) is 3.84. The number of imidazole rings is 1. The van der Waals surface area contributed by atoms with E-state index in [1.54, 1.807) is 0 Å². The standard InChI is InChI=1S/C23H16F2N4O2S/c24-22(25)31-15-11-9-14(10-12-15)26-20(30)13-32-23-28-17-6-2-1-5-16(17)21-27-18-7-3-4-8-19(18)29(21)23/h1-12,22H,13H2,(H,26,30). The molecule has 0 unspecified atom stereocenters. The van der Waals surface area contributed by atoms with E-state index in [-0.39, 0.29) is 17.4 Å². The minimum absolute atomic E-state index is 0.0297. The summed E-state index contributed by atoms with van der Waals surface area (Å²) in [4.78, 5) is 22.0. The second kappa shape index (κ2) is 8.43. The van der Waals surface area contributed by atoms with E-state index in [4.69, 9.17) is 9.97 Å². The van der Waals surface area contributed by atoms with Crippen LogP contribution in [0.5, 0.6) is 5.75 Å². The second-order valence-electron chi connectivity index (χ2n) is 6.91. The molecule has 0 fully saturated rings. The Morgan fingerprint density at radius 3 is 2.47 bits per heavy atom. The van der Waals surface area contributed by atoms with Crippen LogP contribution in [-0.2, 0) is 4.79 Å². The SMILES string of the molecule is O=C(CSc1nc2ccccc2c2nc3ccccc3n12)Nc1ccc(OC(F)F)cc1. The number of ether oxygens (including phenoxy) is 1. The molecule has 1 amide bonds. The van der Waals surface area contributed by atoms with Crippen molar-refractivity contribution in [2.24, 2.45) is 0 Å². The van der Waals surface area contributed by atoms with E-state index in [0.717, 1.165) is 27.6 Å². The van der Waals surface area contributed by atoms with Gasteiger partial charge in [0, 0.05) is 11.1 Å². The normalized spacial score (nSPS) is 11.5. The maximum absolute atomic E-state index is 12.5. The maximum Gasteiger partial charge on any atom is 0.387 e. The smallest absolute Gasteiger partial charge is 0.387 e. The molecule has 1 N–H and O–H groups in total. The van der Waals surface area contributed by atoms with E-state index in [9.17, 15) is 13.6 Å². The summed E-state index contributed by atoms with van der Waals surface area (Å²) in [5, 5.41) is 4.34. The zero-order valence-corrected chi connectivity index (χ0v) is 17.4. The Hall–Kier alpha value is -3.72. The topological polar surface area (TPSA) is 68.5 Å². The number of aromatic nitrogens is 3. The van der Waals surface area contributed by atoms with Crippen molar-refractivity contribution >= 4 is 50.9 Å². The van der Waals surface area contributed by atoms with Crippen LogP contribution in [0.1, 0.15) is 0 Å². The van der Waals surface area contributed by atoms with Crippen LogP contribution in [0.25, 0.3) is 27.6 Å². The summed E-state index contributed by atoms with van der Waals surface area (Å²) in [6, 6.07) is 21.3. The number of thioether (sulfide) groups is 1. The second-order valence-corrected chi connectivity index (χ2v) is 7.85. The molecule has 0 radical (unpaired) electrons. The van der Waals surface area contributed by atoms with E-state index in [1.165, 1.54) is 36.0 Å². The van der Waals surface area contributed by atoms with Gasteiger partial charge in [-0.25, -0.2) is 9.97 Å². The highest BCUT2D eigenvalue weighted by Crippen LogP contribution is 2.29. The van der Waals surface area contributed by atoms with Crippen molar-refractivity contribution in [3.05, 3.63) is 72.8 Å². The summed E-state index contributed by atoms with van der Waals surface area (Å²) in [6.45, 7) is -2.89. The molecule has 2 heterocycles. The number of amides is 1. The fourth-order valence-electron chi connectivity index (χ4n) is 3.46. The lowest BCUT2D eigenvalue weighted by Crippen LogP contribution is -2.14. The van der Waals surface area contributed by atoms with Crippen molar-refractivity contribution in [1.29, 1.82) is 0 Å². The molecule has 3 aromatic carbocycles. The number of rotatable bonds is 6. The quantitative estimate of drug-likeness (QED) is 0.278. The third kappa shape index (κ3) is 3.94. The molecule has 32 heavy (non-hydrogen) atoms. The molecular formula is C23H16F2N4O2S. The Kier molecular flexibility index (Phi) is 5.32. The van der Waals surface area contributed by atoms with Crippen molar-refractivity contribution in [1.82, 2.24) is 14.4 Å².